The number of halogens is 1. The van der Waals surface area contributed by atoms with Gasteiger partial charge in [-0.15, -0.1) is 6.42 Å². The van der Waals surface area contributed by atoms with Gasteiger partial charge >= 0.3 is 5.00 Å². The van der Waals surface area contributed by atoms with E-state index in [1.54, 1.807) is 10.6 Å². The van der Waals surface area contributed by atoms with Crippen LogP contribution in [0, 0.1) is 22.5 Å². The van der Waals surface area contributed by atoms with Crippen LogP contribution in [0.3, 0.4) is 0 Å². The summed E-state index contributed by atoms with van der Waals surface area (Å²) in [5, 5.41) is 10.7. The van der Waals surface area contributed by atoms with Crippen LogP contribution in [0.5, 0.6) is 0 Å². The standard InChI is InChI=1S/C17H10BrN3O3S2/c1-2-9-20-13-6-3-11(18)10-14(13)26-17(20)19-15(22)7-4-12-5-8-16(25-12)21(23)24/h1,3-8,10H,9H2. The first-order valence-electron chi connectivity index (χ1n) is 7.21. The molecule has 0 bridgehead atoms. The lowest BCUT2D eigenvalue weighted by atomic mass is 10.3. The number of rotatable bonds is 4. The quantitative estimate of drug-likeness (QED) is 0.260. The lowest BCUT2D eigenvalue weighted by Gasteiger charge is -1.99. The second-order valence-electron chi connectivity index (χ2n) is 5.00. The Balaban J connectivity index is 1.94. The summed E-state index contributed by atoms with van der Waals surface area (Å²) >= 11 is 5.78. The number of benzene rings is 1. The summed E-state index contributed by atoms with van der Waals surface area (Å²) < 4.78 is 3.68. The maximum Gasteiger partial charge on any atom is 0.324 e. The monoisotopic (exact) mass is 447 g/mol. The van der Waals surface area contributed by atoms with Crippen molar-refractivity contribution in [2.24, 2.45) is 4.99 Å². The van der Waals surface area contributed by atoms with Crippen molar-refractivity contribution in [2.75, 3.05) is 0 Å². The second kappa shape index (κ2) is 7.78. The fraction of sp³-hybridized carbons (Fsp3) is 0.0588. The zero-order valence-corrected chi connectivity index (χ0v) is 16.3. The van der Waals surface area contributed by atoms with Gasteiger partial charge in [0, 0.05) is 21.5 Å². The van der Waals surface area contributed by atoms with Gasteiger partial charge in [0.1, 0.15) is 0 Å². The molecule has 0 saturated carbocycles. The van der Waals surface area contributed by atoms with Gasteiger partial charge in [0.25, 0.3) is 5.91 Å². The van der Waals surface area contributed by atoms with Crippen LogP contribution in [0.4, 0.5) is 5.00 Å². The van der Waals surface area contributed by atoms with Gasteiger partial charge in [0.05, 0.1) is 21.7 Å². The van der Waals surface area contributed by atoms with Gasteiger partial charge in [0.15, 0.2) is 4.80 Å². The highest BCUT2D eigenvalue weighted by molar-refractivity contribution is 9.10. The minimum Gasteiger partial charge on any atom is -0.305 e. The molecule has 2 heterocycles. The van der Waals surface area contributed by atoms with E-state index in [1.165, 1.54) is 29.6 Å². The van der Waals surface area contributed by atoms with E-state index in [-0.39, 0.29) is 5.00 Å². The third kappa shape index (κ3) is 3.99. The van der Waals surface area contributed by atoms with Gasteiger partial charge in [-0.05, 0) is 30.3 Å². The van der Waals surface area contributed by atoms with Crippen molar-refractivity contribution in [2.45, 2.75) is 6.54 Å². The summed E-state index contributed by atoms with van der Waals surface area (Å²) in [6.45, 7) is 0.300. The third-order valence-corrected chi connectivity index (χ3v) is 5.82. The molecule has 3 aromatic rings. The molecule has 0 saturated heterocycles. The molecular weight excluding hydrogens is 438 g/mol. The number of hydrogen-bond donors (Lipinski definition) is 0. The van der Waals surface area contributed by atoms with E-state index < -0.39 is 10.8 Å². The number of aromatic nitrogens is 1. The molecule has 0 N–H and O–H groups in total. The molecule has 26 heavy (non-hydrogen) atoms. The van der Waals surface area contributed by atoms with Crippen LogP contribution in [0.15, 0.2) is 45.9 Å². The predicted molar refractivity (Wildman–Crippen MR) is 107 cm³/mol. The van der Waals surface area contributed by atoms with E-state index in [0.29, 0.717) is 16.2 Å². The molecule has 1 amide bonds. The summed E-state index contributed by atoms with van der Waals surface area (Å²) in [6.07, 6.45) is 8.23. The third-order valence-electron chi connectivity index (χ3n) is 3.28. The number of fused-ring (bicyclic) bond motifs is 1. The first-order valence-corrected chi connectivity index (χ1v) is 9.64. The van der Waals surface area contributed by atoms with Crippen molar-refractivity contribution in [1.82, 2.24) is 4.57 Å². The average Bonchev–Trinajstić information content (AvgIpc) is 3.19. The molecule has 9 heteroatoms. The van der Waals surface area contributed by atoms with E-state index in [0.717, 1.165) is 26.0 Å². The average molecular weight is 448 g/mol. The molecule has 0 aliphatic heterocycles. The van der Waals surface area contributed by atoms with Gasteiger partial charge in [0.2, 0.25) is 0 Å². The molecule has 6 nitrogen and oxygen atoms in total. The van der Waals surface area contributed by atoms with Crippen LogP contribution >= 0.6 is 38.6 Å². The summed E-state index contributed by atoms with van der Waals surface area (Å²) in [7, 11) is 0. The summed E-state index contributed by atoms with van der Waals surface area (Å²) in [4.78, 5) is 27.6. The lowest BCUT2D eigenvalue weighted by Crippen LogP contribution is -2.15. The fourth-order valence-electron chi connectivity index (χ4n) is 2.19. The maximum atomic E-state index is 12.2. The number of thiazole rings is 1. The SMILES string of the molecule is C#CCn1c(=NC(=O)C=Cc2ccc([N+](=O)[O-])s2)sc2cc(Br)ccc21. The smallest absolute Gasteiger partial charge is 0.305 e. The number of terminal acetylenes is 1. The number of amides is 1. The number of hydrogen-bond acceptors (Lipinski definition) is 5. The molecule has 3 rings (SSSR count). The van der Waals surface area contributed by atoms with Crippen LogP contribution in [0.1, 0.15) is 4.88 Å². The Bertz CT molecular complexity index is 1150. The van der Waals surface area contributed by atoms with Crippen molar-refractivity contribution in [3.05, 3.63) is 60.7 Å². The van der Waals surface area contributed by atoms with Crippen LogP contribution in [0.25, 0.3) is 16.3 Å². The molecule has 1 aromatic carbocycles. The highest BCUT2D eigenvalue weighted by Gasteiger charge is 2.09. The van der Waals surface area contributed by atoms with Gasteiger partial charge in [-0.1, -0.05) is 44.5 Å². The summed E-state index contributed by atoms with van der Waals surface area (Å²) in [6, 6.07) is 8.74. The first-order chi connectivity index (χ1) is 12.5. The number of carbonyl (C=O) groups excluding carboxylic acids is 1. The topological polar surface area (TPSA) is 77.5 Å². The highest BCUT2D eigenvalue weighted by atomic mass is 79.9. The maximum absolute atomic E-state index is 12.2. The fourth-order valence-corrected chi connectivity index (χ4v) is 4.50. The highest BCUT2D eigenvalue weighted by Crippen LogP contribution is 2.25. The molecule has 0 atom stereocenters. The molecule has 0 aliphatic carbocycles. The second-order valence-corrected chi connectivity index (χ2v) is 8.02. The van der Waals surface area contributed by atoms with Crippen LogP contribution < -0.4 is 4.80 Å². The normalized spacial score (nSPS) is 11.9. The van der Waals surface area contributed by atoms with Crippen LogP contribution in [0.2, 0.25) is 0 Å². The van der Waals surface area contributed by atoms with Gasteiger partial charge < -0.3 is 4.57 Å². The lowest BCUT2D eigenvalue weighted by molar-refractivity contribution is -0.380. The molecule has 0 radical (unpaired) electrons. The van der Waals surface area contributed by atoms with Crippen LogP contribution in [-0.2, 0) is 11.3 Å². The van der Waals surface area contributed by atoms with E-state index >= 15 is 0 Å². The first kappa shape index (κ1) is 18.3. The Morgan fingerprint density at radius 2 is 2.19 bits per heavy atom. The van der Waals surface area contributed by atoms with E-state index in [9.17, 15) is 14.9 Å². The molecule has 0 aliphatic rings. The molecule has 0 unspecified atom stereocenters. The van der Waals surface area contributed by atoms with Crippen molar-refractivity contribution in [1.29, 1.82) is 0 Å². The molecule has 2 aromatic heterocycles. The number of carbonyl (C=O) groups is 1. The minimum absolute atomic E-state index is 0.0241. The van der Waals surface area contributed by atoms with Gasteiger partial charge in [-0.2, -0.15) is 4.99 Å². The molecule has 130 valence electrons. The van der Waals surface area contributed by atoms with Gasteiger partial charge in [-0.25, -0.2) is 0 Å². The van der Waals surface area contributed by atoms with Crippen molar-refractivity contribution >= 4 is 65.8 Å². The van der Waals surface area contributed by atoms with Crippen molar-refractivity contribution in [3.8, 4) is 12.3 Å². The van der Waals surface area contributed by atoms with E-state index in [4.69, 9.17) is 6.42 Å². The summed E-state index contributed by atoms with van der Waals surface area (Å²) in [5.41, 5.74) is 0.903. The number of nitrogens with zero attached hydrogens (tertiary/aromatic N) is 3. The van der Waals surface area contributed by atoms with E-state index in [2.05, 4.69) is 26.8 Å². The van der Waals surface area contributed by atoms with E-state index in [1.807, 2.05) is 18.2 Å². The van der Waals surface area contributed by atoms with Crippen molar-refractivity contribution < 1.29 is 9.72 Å². The Morgan fingerprint density at radius 1 is 1.38 bits per heavy atom. The number of nitro groups is 1. The van der Waals surface area contributed by atoms with Crippen molar-refractivity contribution in [3.63, 3.8) is 0 Å². The molecular formula is C17H10BrN3O3S2. The Kier molecular flexibility index (Phi) is 5.46. The molecule has 0 spiro atoms. The predicted octanol–water partition coefficient (Wildman–Crippen LogP) is 4.21. The Morgan fingerprint density at radius 3 is 2.88 bits per heavy atom. The zero-order chi connectivity index (χ0) is 18.7. The molecule has 0 fully saturated rings. The zero-order valence-electron chi connectivity index (χ0n) is 13.1. The summed E-state index contributed by atoms with van der Waals surface area (Å²) in [5.74, 6) is 2.11. The number of thiophene rings is 1. The Hall–Kier alpha value is -2.54. The van der Waals surface area contributed by atoms with Gasteiger partial charge in [-0.3, -0.25) is 14.9 Å². The van der Waals surface area contributed by atoms with Crippen LogP contribution in [-0.4, -0.2) is 15.4 Å². The minimum atomic E-state index is -0.466. The largest absolute Gasteiger partial charge is 0.324 e. The Labute approximate surface area is 164 Å².